The lowest BCUT2D eigenvalue weighted by molar-refractivity contribution is 0.0603. The Kier molecular flexibility index (Phi) is 6.18. The van der Waals surface area contributed by atoms with E-state index in [-0.39, 0.29) is 33.7 Å². The number of hydrogen-bond acceptors (Lipinski definition) is 5. The SMILES string of the molecule is C/C=C/C1=CN2C(=O)c3cc(OC)c(O)cc3N(C(=O)O)C(O[Si](C)(C)C(C)(C)C)C2C1. The van der Waals surface area contributed by atoms with E-state index in [1.165, 1.54) is 19.2 Å². The molecule has 0 saturated heterocycles. The summed E-state index contributed by atoms with van der Waals surface area (Å²) in [6.45, 7) is 12.2. The number of nitrogens with zero attached hydrogens (tertiary/aromatic N) is 2. The van der Waals surface area contributed by atoms with Crippen molar-refractivity contribution >= 4 is 26.0 Å². The molecule has 0 bridgehead atoms. The first-order valence-electron chi connectivity index (χ1n) is 10.6. The van der Waals surface area contributed by atoms with Crippen LogP contribution in [-0.2, 0) is 4.43 Å². The molecule has 0 fully saturated rings. The normalized spacial score (nSPS) is 21.3. The Morgan fingerprint density at radius 1 is 1.28 bits per heavy atom. The number of amides is 2. The van der Waals surface area contributed by atoms with E-state index < -0.39 is 26.7 Å². The molecular weight excluding hydrogens is 428 g/mol. The Bertz CT molecular complexity index is 995. The standard InChI is InChI=1S/C23H32N2O6Si/c1-8-9-14-10-17-21(31-32(6,7)23(2,3)4)25(22(28)29)16-12-18(26)19(30-5)11-15(16)20(27)24(17)13-14/h8-9,11-13,17,21,26H,10H2,1-7H3,(H,28,29)/b9-8+. The van der Waals surface area contributed by atoms with Gasteiger partial charge in [0.05, 0.1) is 24.4 Å². The lowest BCUT2D eigenvalue weighted by Crippen LogP contribution is -2.57. The Morgan fingerprint density at radius 2 is 1.94 bits per heavy atom. The molecule has 1 aromatic rings. The van der Waals surface area contributed by atoms with Crippen LogP contribution in [0.1, 0.15) is 44.5 Å². The quantitative estimate of drug-likeness (QED) is 0.619. The molecule has 0 saturated carbocycles. The van der Waals surface area contributed by atoms with Crippen molar-refractivity contribution in [3.63, 3.8) is 0 Å². The van der Waals surface area contributed by atoms with E-state index in [0.29, 0.717) is 6.42 Å². The number of aromatic hydroxyl groups is 1. The lowest BCUT2D eigenvalue weighted by atomic mass is 10.1. The molecule has 1 aromatic carbocycles. The second-order valence-electron chi connectivity index (χ2n) is 9.65. The summed E-state index contributed by atoms with van der Waals surface area (Å²) in [5, 5.41) is 20.5. The first kappa shape index (κ1) is 23.9. The highest BCUT2D eigenvalue weighted by Gasteiger charge is 2.50. The largest absolute Gasteiger partial charge is 0.504 e. The summed E-state index contributed by atoms with van der Waals surface area (Å²) in [5.74, 6) is -0.515. The zero-order valence-electron chi connectivity index (χ0n) is 19.7. The average Bonchev–Trinajstić information content (AvgIpc) is 3.06. The molecule has 2 amide bonds. The summed E-state index contributed by atoms with van der Waals surface area (Å²) >= 11 is 0. The van der Waals surface area contributed by atoms with Gasteiger partial charge in [0.25, 0.3) is 5.91 Å². The number of phenols is 1. The summed E-state index contributed by atoms with van der Waals surface area (Å²) in [6.07, 6.45) is 3.81. The monoisotopic (exact) mass is 460 g/mol. The van der Waals surface area contributed by atoms with Gasteiger partial charge in [0.1, 0.15) is 0 Å². The van der Waals surface area contributed by atoms with E-state index in [2.05, 4.69) is 20.8 Å². The minimum atomic E-state index is -2.45. The predicted molar refractivity (Wildman–Crippen MR) is 125 cm³/mol. The number of phenolic OH excluding ortho intramolecular Hbond substituents is 1. The molecule has 2 unspecified atom stereocenters. The van der Waals surface area contributed by atoms with E-state index in [1.54, 1.807) is 11.1 Å². The maximum absolute atomic E-state index is 13.6. The molecule has 0 aromatic heterocycles. The Morgan fingerprint density at radius 3 is 2.47 bits per heavy atom. The molecule has 3 rings (SSSR count). The predicted octanol–water partition coefficient (Wildman–Crippen LogP) is 4.92. The van der Waals surface area contributed by atoms with Crippen LogP contribution in [0, 0.1) is 0 Å². The molecule has 8 nitrogen and oxygen atoms in total. The molecular formula is C23H32N2O6Si. The Hall–Kier alpha value is -2.78. The third kappa shape index (κ3) is 4.02. The fourth-order valence-corrected chi connectivity index (χ4v) is 5.02. The van der Waals surface area contributed by atoms with Gasteiger partial charge in [0.15, 0.2) is 26.0 Å². The van der Waals surface area contributed by atoms with Gasteiger partial charge in [-0.05, 0) is 43.1 Å². The zero-order chi connectivity index (χ0) is 24.0. The summed E-state index contributed by atoms with van der Waals surface area (Å²) < 4.78 is 11.8. The van der Waals surface area contributed by atoms with E-state index in [0.717, 1.165) is 10.5 Å². The van der Waals surface area contributed by atoms with Crippen molar-refractivity contribution in [3.05, 3.63) is 41.6 Å². The highest BCUT2D eigenvalue weighted by Crippen LogP contribution is 2.45. The highest BCUT2D eigenvalue weighted by atomic mass is 28.4. The van der Waals surface area contributed by atoms with E-state index in [1.807, 2.05) is 32.2 Å². The van der Waals surface area contributed by atoms with Gasteiger partial charge in [-0.15, -0.1) is 0 Å². The van der Waals surface area contributed by atoms with Gasteiger partial charge in [-0.1, -0.05) is 32.9 Å². The number of methoxy groups -OCH3 is 1. The number of benzene rings is 1. The van der Waals surface area contributed by atoms with Crippen LogP contribution >= 0.6 is 0 Å². The minimum Gasteiger partial charge on any atom is -0.504 e. The summed E-state index contributed by atoms with van der Waals surface area (Å²) in [7, 11) is -1.07. The van der Waals surface area contributed by atoms with Crippen molar-refractivity contribution in [1.82, 2.24) is 4.90 Å². The molecule has 9 heteroatoms. The average molecular weight is 461 g/mol. The molecule has 0 aliphatic carbocycles. The number of ether oxygens (including phenoxy) is 1. The number of carbonyl (C=O) groups is 2. The van der Waals surface area contributed by atoms with Crippen molar-refractivity contribution in [2.45, 2.75) is 64.5 Å². The van der Waals surface area contributed by atoms with Crippen LogP contribution in [0.3, 0.4) is 0 Å². The van der Waals surface area contributed by atoms with Crippen LogP contribution in [-0.4, -0.2) is 54.8 Å². The van der Waals surface area contributed by atoms with Crippen molar-refractivity contribution < 1.29 is 29.0 Å². The van der Waals surface area contributed by atoms with E-state index in [9.17, 15) is 19.8 Å². The van der Waals surface area contributed by atoms with Crippen molar-refractivity contribution in [2.24, 2.45) is 0 Å². The molecule has 32 heavy (non-hydrogen) atoms. The summed E-state index contributed by atoms with van der Waals surface area (Å²) in [4.78, 5) is 28.8. The second-order valence-corrected chi connectivity index (χ2v) is 14.4. The Balaban J connectivity index is 2.26. The smallest absolute Gasteiger partial charge is 0.414 e. The van der Waals surface area contributed by atoms with E-state index in [4.69, 9.17) is 9.16 Å². The van der Waals surface area contributed by atoms with Crippen LogP contribution < -0.4 is 9.64 Å². The number of carboxylic acid groups (broad SMARTS) is 1. The maximum Gasteiger partial charge on any atom is 0.414 e. The topological polar surface area (TPSA) is 99.5 Å². The number of rotatable bonds is 4. The summed E-state index contributed by atoms with van der Waals surface area (Å²) in [6, 6.07) is 2.11. The van der Waals surface area contributed by atoms with Crippen LogP contribution in [0.2, 0.25) is 18.1 Å². The van der Waals surface area contributed by atoms with Gasteiger partial charge in [0.2, 0.25) is 0 Å². The van der Waals surface area contributed by atoms with Gasteiger partial charge in [-0.3, -0.25) is 4.79 Å². The maximum atomic E-state index is 13.6. The molecule has 0 spiro atoms. The lowest BCUT2D eigenvalue weighted by Gasteiger charge is -2.44. The number of fused-ring (bicyclic) bond motifs is 2. The second kappa shape index (κ2) is 8.29. The molecule has 174 valence electrons. The van der Waals surface area contributed by atoms with Gasteiger partial charge >= 0.3 is 6.09 Å². The molecule has 2 aliphatic rings. The van der Waals surface area contributed by atoms with Gasteiger partial charge in [0, 0.05) is 12.3 Å². The van der Waals surface area contributed by atoms with Crippen molar-refractivity contribution in [2.75, 3.05) is 12.0 Å². The van der Waals surface area contributed by atoms with Gasteiger partial charge in [-0.2, -0.15) is 0 Å². The van der Waals surface area contributed by atoms with Crippen LogP contribution in [0.5, 0.6) is 11.5 Å². The fraction of sp³-hybridized carbons (Fsp3) is 0.478. The van der Waals surface area contributed by atoms with Gasteiger partial charge in [-0.25, -0.2) is 9.69 Å². The van der Waals surface area contributed by atoms with Crippen LogP contribution in [0.25, 0.3) is 0 Å². The summed E-state index contributed by atoms with van der Waals surface area (Å²) in [5.41, 5.74) is 1.13. The number of hydrogen-bond donors (Lipinski definition) is 2. The number of allylic oxidation sites excluding steroid dienone is 2. The third-order valence-corrected chi connectivity index (χ3v) is 11.0. The van der Waals surface area contributed by atoms with E-state index >= 15 is 0 Å². The molecule has 2 N–H and O–H groups in total. The van der Waals surface area contributed by atoms with Crippen molar-refractivity contribution in [3.8, 4) is 11.5 Å². The molecule has 2 aliphatic heterocycles. The molecule has 2 atom stereocenters. The Labute approximate surface area is 189 Å². The van der Waals surface area contributed by atoms with Crippen LogP contribution in [0.15, 0.2) is 36.1 Å². The number of carbonyl (C=O) groups excluding carboxylic acids is 1. The first-order valence-corrected chi connectivity index (χ1v) is 13.5. The van der Waals surface area contributed by atoms with Crippen molar-refractivity contribution in [1.29, 1.82) is 0 Å². The molecule has 0 radical (unpaired) electrons. The fourth-order valence-electron chi connectivity index (χ4n) is 3.80. The van der Waals surface area contributed by atoms with Crippen LogP contribution in [0.4, 0.5) is 10.5 Å². The number of anilines is 1. The first-order chi connectivity index (χ1) is 14.8. The zero-order valence-corrected chi connectivity index (χ0v) is 20.7. The third-order valence-electron chi connectivity index (χ3n) is 6.52. The highest BCUT2D eigenvalue weighted by molar-refractivity contribution is 6.74. The minimum absolute atomic E-state index is 0.0832. The van der Waals surface area contributed by atoms with Gasteiger partial charge < -0.3 is 24.3 Å². The molecule has 2 heterocycles.